The second kappa shape index (κ2) is 6.86. The van der Waals surface area contributed by atoms with Crippen LogP contribution >= 0.6 is 0 Å². The zero-order chi connectivity index (χ0) is 17.1. The Morgan fingerprint density at radius 1 is 1.42 bits per heavy atom. The van der Waals surface area contributed by atoms with Gasteiger partial charge in [-0.1, -0.05) is 32.0 Å². The molecule has 1 aromatic heterocycles. The van der Waals surface area contributed by atoms with E-state index < -0.39 is 5.69 Å². The highest BCUT2D eigenvalue weighted by atomic mass is 16.5. The zero-order valence-electron chi connectivity index (χ0n) is 13.8. The average molecular weight is 327 g/mol. The van der Waals surface area contributed by atoms with E-state index in [0.717, 1.165) is 17.0 Å². The van der Waals surface area contributed by atoms with Gasteiger partial charge in [0.05, 0.1) is 6.04 Å². The molecule has 1 atom stereocenters. The van der Waals surface area contributed by atoms with Gasteiger partial charge in [0.15, 0.2) is 0 Å². The van der Waals surface area contributed by atoms with Crippen LogP contribution in [0.5, 0.6) is 5.75 Å². The van der Waals surface area contributed by atoms with Crippen molar-refractivity contribution in [3.05, 3.63) is 57.8 Å². The summed E-state index contributed by atoms with van der Waals surface area (Å²) in [5.74, 6) is 0.887. The van der Waals surface area contributed by atoms with Crippen LogP contribution in [0.3, 0.4) is 0 Å². The molecule has 3 rings (SSSR count). The highest BCUT2D eigenvalue weighted by Gasteiger charge is 2.22. The third-order valence-electron chi connectivity index (χ3n) is 3.88. The zero-order valence-corrected chi connectivity index (χ0v) is 13.8. The van der Waals surface area contributed by atoms with E-state index in [9.17, 15) is 9.59 Å². The predicted octanol–water partition coefficient (Wildman–Crippen LogP) is 1.70. The maximum absolute atomic E-state index is 12.4. The predicted molar refractivity (Wildman–Crippen MR) is 90.3 cm³/mol. The minimum absolute atomic E-state index is 0.137. The number of amides is 1. The van der Waals surface area contributed by atoms with E-state index in [4.69, 9.17) is 4.74 Å². The summed E-state index contributed by atoms with van der Waals surface area (Å²) in [5.41, 5.74) is 1.44. The third kappa shape index (κ3) is 3.82. The summed E-state index contributed by atoms with van der Waals surface area (Å²) in [7, 11) is 0. The molecule has 0 spiro atoms. The molecule has 1 unspecified atom stereocenters. The van der Waals surface area contributed by atoms with E-state index >= 15 is 0 Å². The summed E-state index contributed by atoms with van der Waals surface area (Å²) in [4.78, 5) is 30.6. The molecule has 2 aromatic rings. The van der Waals surface area contributed by atoms with Crippen molar-refractivity contribution in [3.63, 3.8) is 0 Å². The fourth-order valence-corrected chi connectivity index (χ4v) is 2.85. The van der Waals surface area contributed by atoms with Crippen LogP contribution in [-0.4, -0.2) is 28.5 Å². The summed E-state index contributed by atoms with van der Waals surface area (Å²) in [6.07, 6.45) is 1.39. The van der Waals surface area contributed by atoms with Crippen LogP contribution < -0.4 is 15.7 Å². The van der Waals surface area contributed by atoms with Crippen LogP contribution in [0.15, 0.2) is 35.1 Å². The van der Waals surface area contributed by atoms with Crippen molar-refractivity contribution in [3.8, 4) is 5.75 Å². The maximum Gasteiger partial charge on any atom is 0.345 e. The molecule has 6 heteroatoms. The Kier molecular flexibility index (Phi) is 4.64. The van der Waals surface area contributed by atoms with E-state index in [1.165, 1.54) is 0 Å². The molecule has 1 aliphatic heterocycles. The molecule has 1 aliphatic rings. The number of ether oxygens (including phenoxy) is 1. The lowest BCUT2D eigenvalue weighted by Crippen LogP contribution is -2.43. The van der Waals surface area contributed by atoms with Crippen molar-refractivity contribution < 1.29 is 9.53 Å². The number of rotatable bonds is 4. The Morgan fingerprint density at radius 3 is 3.00 bits per heavy atom. The molecular formula is C18H21N3O3. The number of nitrogens with zero attached hydrogens (tertiary/aromatic N) is 1. The van der Waals surface area contributed by atoms with E-state index in [-0.39, 0.29) is 17.6 Å². The number of aromatic nitrogens is 2. The molecule has 0 radical (unpaired) electrons. The van der Waals surface area contributed by atoms with Crippen molar-refractivity contribution in [2.75, 3.05) is 6.61 Å². The van der Waals surface area contributed by atoms with Crippen molar-refractivity contribution in [1.29, 1.82) is 0 Å². The lowest BCUT2D eigenvalue weighted by atomic mass is 10.0. The molecule has 0 fully saturated rings. The third-order valence-corrected chi connectivity index (χ3v) is 3.88. The van der Waals surface area contributed by atoms with E-state index in [2.05, 4.69) is 29.1 Å². The first-order valence-electron chi connectivity index (χ1n) is 8.13. The minimum Gasteiger partial charge on any atom is -0.491 e. The van der Waals surface area contributed by atoms with Crippen LogP contribution in [-0.2, 0) is 12.8 Å². The lowest BCUT2D eigenvalue weighted by molar-refractivity contribution is 0.0909. The van der Waals surface area contributed by atoms with Crippen LogP contribution in [0.4, 0.5) is 0 Å². The number of carbonyl (C=O) groups excluding carboxylic acids is 1. The van der Waals surface area contributed by atoms with Gasteiger partial charge in [0.25, 0.3) is 5.91 Å². The van der Waals surface area contributed by atoms with Gasteiger partial charge in [-0.05, 0) is 36.5 Å². The second-order valence-electron chi connectivity index (χ2n) is 6.49. The normalized spacial score (nSPS) is 16.4. The molecular weight excluding hydrogens is 306 g/mol. The molecule has 0 aliphatic carbocycles. The smallest absolute Gasteiger partial charge is 0.345 e. The maximum atomic E-state index is 12.4. The largest absolute Gasteiger partial charge is 0.491 e. The summed E-state index contributed by atoms with van der Waals surface area (Å²) >= 11 is 0. The average Bonchev–Trinajstić information content (AvgIpc) is 2.53. The molecule has 126 valence electrons. The van der Waals surface area contributed by atoms with Crippen LogP contribution in [0, 0.1) is 5.92 Å². The molecule has 0 bridgehead atoms. The van der Waals surface area contributed by atoms with Gasteiger partial charge in [0.2, 0.25) is 0 Å². The number of aromatic amines is 1. The van der Waals surface area contributed by atoms with Gasteiger partial charge in [-0.25, -0.2) is 4.79 Å². The van der Waals surface area contributed by atoms with Crippen molar-refractivity contribution >= 4 is 5.91 Å². The Morgan fingerprint density at radius 2 is 2.21 bits per heavy atom. The number of hydrogen-bond acceptors (Lipinski definition) is 4. The molecule has 2 heterocycles. The van der Waals surface area contributed by atoms with Crippen molar-refractivity contribution in [1.82, 2.24) is 15.3 Å². The Hall–Kier alpha value is -2.63. The standard InChI is InChI=1S/C18H21N3O3/c1-11(2)7-13-9-15(21-18(23)20-13)17(22)19-14-8-12-5-3-4-6-16(12)24-10-14/h3-6,9,11,14H,7-8,10H2,1-2H3,(H,19,22)(H,20,21,23). The molecule has 0 saturated heterocycles. The Bertz CT molecular complexity index is 798. The van der Waals surface area contributed by atoms with Gasteiger partial charge in [-0.3, -0.25) is 4.79 Å². The quantitative estimate of drug-likeness (QED) is 0.895. The number of benzene rings is 1. The minimum atomic E-state index is -0.497. The topological polar surface area (TPSA) is 84.1 Å². The number of fused-ring (bicyclic) bond motifs is 1. The van der Waals surface area contributed by atoms with Gasteiger partial charge >= 0.3 is 5.69 Å². The summed E-state index contributed by atoms with van der Waals surface area (Å²) in [6.45, 7) is 4.51. The number of H-pyrrole nitrogens is 1. The van der Waals surface area contributed by atoms with Gasteiger partial charge < -0.3 is 15.0 Å². The second-order valence-corrected chi connectivity index (χ2v) is 6.49. The Balaban J connectivity index is 1.72. The molecule has 0 saturated carbocycles. The van der Waals surface area contributed by atoms with Crippen molar-refractivity contribution in [2.45, 2.75) is 32.7 Å². The van der Waals surface area contributed by atoms with Crippen LogP contribution in [0.1, 0.15) is 35.6 Å². The molecule has 2 N–H and O–H groups in total. The summed E-state index contributed by atoms with van der Waals surface area (Å²) in [6, 6.07) is 9.29. The fraction of sp³-hybridized carbons (Fsp3) is 0.389. The lowest BCUT2D eigenvalue weighted by Gasteiger charge is -2.25. The number of para-hydroxylation sites is 1. The summed E-state index contributed by atoms with van der Waals surface area (Å²) in [5, 5.41) is 2.90. The monoisotopic (exact) mass is 327 g/mol. The number of carbonyl (C=O) groups is 1. The fourth-order valence-electron chi connectivity index (χ4n) is 2.85. The SMILES string of the molecule is CC(C)Cc1cc(C(=O)NC2COc3ccccc3C2)nc(=O)[nH]1. The number of nitrogens with one attached hydrogen (secondary N) is 2. The highest BCUT2D eigenvalue weighted by Crippen LogP contribution is 2.23. The molecule has 1 aromatic carbocycles. The Labute approximate surface area is 140 Å². The van der Waals surface area contributed by atoms with Gasteiger partial charge in [-0.2, -0.15) is 4.98 Å². The highest BCUT2D eigenvalue weighted by molar-refractivity contribution is 5.92. The van der Waals surface area contributed by atoms with Gasteiger partial charge in [0, 0.05) is 5.69 Å². The first-order valence-corrected chi connectivity index (χ1v) is 8.13. The summed E-state index contributed by atoms with van der Waals surface area (Å²) < 4.78 is 5.67. The first kappa shape index (κ1) is 16.2. The molecule has 1 amide bonds. The van der Waals surface area contributed by atoms with Crippen molar-refractivity contribution in [2.24, 2.45) is 5.92 Å². The van der Waals surface area contributed by atoms with Gasteiger partial charge in [0.1, 0.15) is 18.1 Å². The van der Waals surface area contributed by atoms with Crippen LogP contribution in [0.2, 0.25) is 0 Å². The van der Waals surface area contributed by atoms with Gasteiger partial charge in [-0.15, -0.1) is 0 Å². The van der Waals surface area contributed by atoms with E-state index in [1.54, 1.807) is 6.07 Å². The van der Waals surface area contributed by atoms with E-state index in [0.29, 0.717) is 25.4 Å². The first-order chi connectivity index (χ1) is 11.5. The van der Waals surface area contributed by atoms with Crippen LogP contribution in [0.25, 0.3) is 0 Å². The molecule has 24 heavy (non-hydrogen) atoms. The number of hydrogen-bond donors (Lipinski definition) is 2. The molecule has 6 nitrogen and oxygen atoms in total. The van der Waals surface area contributed by atoms with E-state index in [1.807, 2.05) is 24.3 Å².